The van der Waals surface area contributed by atoms with Gasteiger partial charge in [0.2, 0.25) is 0 Å². The van der Waals surface area contributed by atoms with Gasteiger partial charge in [0, 0.05) is 6.61 Å². The Morgan fingerprint density at radius 3 is 2.67 bits per heavy atom. The SMILES string of the molecule is CC(C)C(C)(CN)CCCC1CCCO1. The van der Waals surface area contributed by atoms with Crippen LogP contribution in [0, 0.1) is 11.3 Å². The molecule has 0 bridgehead atoms. The van der Waals surface area contributed by atoms with Crippen molar-refractivity contribution < 1.29 is 4.74 Å². The third kappa shape index (κ3) is 3.76. The third-order valence-corrected chi connectivity index (χ3v) is 4.16. The predicted octanol–water partition coefficient (Wildman–Crippen LogP) is 2.96. The second kappa shape index (κ2) is 5.86. The highest BCUT2D eigenvalue weighted by molar-refractivity contribution is 4.79. The summed E-state index contributed by atoms with van der Waals surface area (Å²) < 4.78 is 5.63. The number of ether oxygens (including phenoxy) is 1. The normalized spacial score (nSPS) is 25.8. The number of nitrogens with two attached hydrogens (primary N) is 1. The van der Waals surface area contributed by atoms with E-state index in [0.717, 1.165) is 13.2 Å². The third-order valence-electron chi connectivity index (χ3n) is 4.16. The average Bonchev–Trinajstić information content (AvgIpc) is 2.70. The molecule has 1 fully saturated rings. The second-order valence-electron chi connectivity index (χ2n) is 5.54. The summed E-state index contributed by atoms with van der Waals surface area (Å²) in [6.45, 7) is 8.64. The second-order valence-corrected chi connectivity index (χ2v) is 5.54. The molecule has 1 aliphatic heterocycles. The van der Waals surface area contributed by atoms with Gasteiger partial charge in [-0.1, -0.05) is 27.2 Å². The van der Waals surface area contributed by atoms with Crippen LogP contribution in [0.5, 0.6) is 0 Å². The van der Waals surface area contributed by atoms with E-state index in [1.807, 2.05) is 0 Å². The molecule has 0 saturated carbocycles. The lowest BCUT2D eigenvalue weighted by Crippen LogP contribution is -2.32. The molecule has 0 aliphatic carbocycles. The van der Waals surface area contributed by atoms with E-state index < -0.39 is 0 Å². The molecule has 1 heterocycles. The van der Waals surface area contributed by atoms with Crippen LogP contribution < -0.4 is 5.73 Å². The van der Waals surface area contributed by atoms with Gasteiger partial charge in [-0.3, -0.25) is 0 Å². The van der Waals surface area contributed by atoms with Gasteiger partial charge in [0.15, 0.2) is 0 Å². The van der Waals surface area contributed by atoms with Crippen molar-refractivity contribution in [1.29, 1.82) is 0 Å². The van der Waals surface area contributed by atoms with Crippen molar-refractivity contribution >= 4 is 0 Å². The quantitative estimate of drug-likeness (QED) is 0.736. The van der Waals surface area contributed by atoms with Crippen molar-refractivity contribution in [3.8, 4) is 0 Å². The molecule has 0 aromatic heterocycles. The summed E-state index contributed by atoms with van der Waals surface area (Å²) in [6, 6.07) is 0. The minimum atomic E-state index is 0.318. The molecule has 1 aliphatic rings. The van der Waals surface area contributed by atoms with Crippen molar-refractivity contribution in [3.63, 3.8) is 0 Å². The number of hydrogen-bond acceptors (Lipinski definition) is 2. The highest BCUT2D eigenvalue weighted by atomic mass is 16.5. The van der Waals surface area contributed by atoms with E-state index in [0.29, 0.717) is 17.4 Å². The van der Waals surface area contributed by atoms with E-state index >= 15 is 0 Å². The largest absolute Gasteiger partial charge is 0.378 e. The van der Waals surface area contributed by atoms with Crippen LogP contribution in [-0.4, -0.2) is 19.3 Å². The van der Waals surface area contributed by atoms with Gasteiger partial charge >= 0.3 is 0 Å². The Labute approximate surface area is 94.6 Å². The summed E-state index contributed by atoms with van der Waals surface area (Å²) in [5.41, 5.74) is 6.19. The number of rotatable bonds is 6. The smallest absolute Gasteiger partial charge is 0.0576 e. The molecule has 0 aromatic carbocycles. The van der Waals surface area contributed by atoms with Gasteiger partial charge in [0.05, 0.1) is 6.10 Å². The van der Waals surface area contributed by atoms with E-state index in [4.69, 9.17) is 10.5 Å². The lowest BCUT2D eigenvalue weighted by molar-refractivity contribution is 0.0951. The Kier molecular flexibility index (Phi) is 5.07. The lowest BCUT2D eigenvalue weighted by atomic mass is 9.75. The Balaban J connectivity index is 2.22. The molecule has 0 radical (unpaired) electrons. The zero-order valence-electron chi connectivity index (χ0n) is 10.6. The summed E-state index contributed by atoms with van der Waals surface area (Å²) in [5.74, 6) is 0.673. The summed E-state index contributed by atoms with van der Waals surface area (Å²) in [4.78, 5) is 0. The molecule has 90 valence electrons. The predicted molar refractivity (Wildman–Crippen MR) is 64.8 cm³/mol. The van der Waals surface area contributed by atoms with Crippen LogP contribution in [-0.2, 0) is 4.74 Å². The molecule has 2 nitrogen and oxygen atoms in total. The van der Waals surface area contributed by atoms with Gasteiger partial charge in [-0.15, -0.1) is 0 Å². The molecule has 1 rings (SSSR count). The molecular formula is C13H27NO. The average molecular weight is 213 g/mol. The van der Waals surface area contributed by atoms with Crippen LogP contribution in [0.25, 0.3) is 0 Å². The van der Waals surface area contributed by atoms with Crippen LogP contribution >= 0.6 is 0 Å². The molecule has 0 aromatic rings. The molecule has 0 amide bonds. The zero-order chi connectivity index (χ0) is 11.3. The highest BCUT2D eigenvalue weighted by Gasteiger charge is 2.26. The van der Waals surface area contributed by atoms with E-state index in [-0.39, 0.29) is 0 Å². The van der Waals surface area contributed by atoms with Gasteiger partial charge in [-0.05, 0) is 43.6 Å². The van der Waals surface area contributed by atoms with E-state index in [2.05, 4.69) is 20.8 Å². The molecule has 1 saturated heterocycles. The summed E-state index contributed by atoms with van der Waals surface area (Å²) in [6.07, 6.45) is 6.78. The Hall–Kier alpha value is -0.0800. The maximum absolute atomic E-state index is 5.87. The maximum Gasteiger partial charge on any atom is 0.0576 e. The first-order valence-electron chi connectivity index (χ1n) is 6.40. The standard InChI is InChI=1S/C13H27NO/c1-11(2)13(3,10-14)8-4-6-12-7-5-9-15-12/h11-12H,4-10,14H2,1-3H3. The lowest BCUT2D eigenvalue weighted by Gasteiger charge is -2.32. The van der Waals surface area contributed by atoms with Crippen molar-refractivity contribution in [1.82, 2.24) is 0 Å². The van der Waals surface area contributed by atoms with Crippen molar-refractivity contribution in [3.05, 3.63) is 0 Å². The first-order chi connectivity index (χ1) is 7.08. The van der Waals surface area contributed by atoms with Crippen LogP contribution in [0.1, 0.15) is 52.9 Å². The fraction of sp³-hybridized carbons (Fsp3) is 1.00. The Bertz CT molecular complexity index is 175. The number of hydrogen-bond donors (Lipinski definition) is 1. The van der Waals surface area contributed by atoms with Crippen LogP contribution in [0.15, 0.2) is 0 Å². The minimum Gasteiger partial charge on any atom is -0.378 e. The maximum atomic E-state index is 5.87. The van der Waals surface area contributed by atoms with Gasteiger partial charge in [0.1, 0.15) is 0 Å². The Morgan fingerprint density at radius 2 is 2.20 bits per heavy atom. The fourth-order valence-electron chi connectivity index (χ4n) is 2.23. The first kappa shape index (κ1) is 13.0. The van der Waals surface area contributed by atoms with E-state index in [1.54, 1.807) is 0 Å². The van der Waals surface area contributed by atoms with Gasteiger partial charge < -0.3 is 10.5 Å². The minimum absolute atomic E-state index is 0.318. The zero-order valence-corrected chi connectivity index (χ0v) is 10.6. The van der Waals surface area contributed by atoms with Crippen molar-refractivity contribution in [2.24, 2.45) is 17.1 Å². The fourth-order valence-corrected chi connectivity index (χ4v) is 2.23. The molecule has 2 atom stereocenters. The van der Waals surface area contributed by atoms with Crippen LogP contribution in [0.2, 0.25) is 0 Å². The van der Waals surface area contributed by atoms with Gasteiger partial charge in [-0.2, -0.15) is 0 Å². The van der Waals surface area contributed by atoms with Crippen molar-refractivity contribution in [2.75, 3.05) is 13.2 Å². The molecule has 2 unspecified atom stereocenters. The van der Waals surface area contributed by atoms with E-state index in [9.17, 15) is 0 Å². The van der Waals surface area contributed by atoms with Crippen molar-refractivity contribution in [2.45, 2.75) is 59.0 Å². The first-order valence-corrected chi connectivity index (χ1v) is 6.40. The van der Waals surface area contributed by atoms with Crippen LogP contribution in [0.3, 0.4) is 0 Å². The molecular weight excluding hydrogens is 186 g/mol. The highest BCUT2D eigenvalue weighted by Crippen LogP contribution is 2.32. The summed E-state index contributed by atoms with van der Waals surface area (Å²) >= 11 is 0. The molecule has 15 heavy (non-hydrogen) atoms. The molecule has 0 spiro atoms. The molecule has 2 heteroatoms. The summed E-state index contributed by atoms with van der Waals surface area (Å²) in [5, 5.41) is 0. The summed E-state index contributed by atoms with van der Waals surface area (Å²) in [7, 11) is 0. The topological polar surface area (TPSA) is 35.2 Å². The van der Waals surface area contributed by atoms with Crippen LogP contribution in [0.4, 0.5) is 0 Å². The van der Waals surface area contributed by atoms with E-state index in [1.165, 1.54) is 32.1 Å². The van der Waals surface area contributed by atoms with Gasteiger partial charge in [0.25, 0.3) is 0 Å². The molecule has 2 N–H and O–H groups in total. The monoisotopic (exact) mass is 213 g/mol. The van der Waals surface area contributed by atoms with Gasteiger partial charge in [-0.25, -0.2) is 0 Å². The Morgan fingerprint density at radius 1 is 1.47 bits per heavy atom.